The molecular formula is C14H13ClN2O3. The molecule has 2 heterocycles. The summed E-state index contributed by atoms with van der Waals surface area (Å²) in [7, 11) is 0. The average molecular weight is 293 g/mol. The van der Waals surface area contributed by atoms with Crippen molar-refractivity contribution in [2.75, 3.05) is 13.1 Å². The summed E-state index contributed by atoms with van der Waals surface area (Å²) in [5, 5.41) is 0.411. The molecular weight excluding hydrogens is 280 g/mol. The molecule has 0 saturated carbocycles. The largest absolute Gasteiger partial charge is 0.334 e. The van der Waals surface area contributed by atoms with E-state index in [4.69, 9.17) is 11.6 Å². The highest BCUT2D eigenvalue weighted by atomic mass is 35.5. The molecule has 0 unspecified atom stereocenters. The third kappa shape index (κ3) is 2.08. The lowest BCUT2D eigenvalue weighted by Gasteiger charge is -2.43. The first-order valence-corrected chi connectivity index (χ1v) is 6.84. The fourth-order valence-electron chi connectivity index (χ4n) is 2.59. The number of likely N-dealkylation sites (tertiary alicyclic amines) is 2. The van der Waals surface area contributed by atoms with E-state index in [9.17, 15) is 14.4 Å². The normalized spacial score (nSPS) is 19.4. The number of hydrogen-bond acceptors (Lipinski definition) is 3. The van der Waals surface area contributed by atoms with Crippen molar-refractivity contribution >= 4 is 29.3 Å². The third-order valence-corrected chi connectivity index (χ3v) is 4.04. The Labute approximate surface area is 121 Å². The fourth-order valence-corrected chi connectivity index (χ4v) is 2.81. The van der Waals surface area contributed by atoms with Gasteiger partial charge in [-0.25, -0.2) is 0 Å². The van der Waals surface area contributed by atoms with Crippen molar-refractivity contribution in [1.82, 2.24) is 9.80 Å². The van der Waals surface area contributed by atoms with Crippen molar-refractivity contribution in [3.8, 4) is 0 Å². The minimum atomic E-state index is -0.177. The molecule has 6 heteroatoms. The molecule has 0 spiro atoms. The van der Waals surface area contributed by atoms with Gasteiger partial charge in [-0.1, -0.05) is 23.7 Å². The molecule has 20 heavy (non-hydrogen) atoms. The van der Waals surface area contributed by atoms with E-state index >= 15 is 0 Å². The zero-order chi connectivity index (χ0) is 14.3. The van der Waals surface area contributed by atoms with Crippen molar-refractivity contribution in [3.63, 3.8) is 0 Å². The summed E-state index contributed by atoms with van der Waals surface area (Å²) < 4.78 is 0. The summed E-state index contributed by atoms with van der Waals surface area (Å²) in [6.45, 7) is 0.781. The molecule has 2 fully saturated rings. The number of nitrogens with zero attached hydrogens (tertiary/aromatic N) is 2. The standard InChI is InChI=1S/C14H13ClN2O3/c15-11-4-2-1-3-10(11)14(20)16-7-9(8-16)17-12(18)5-6-13(17)19/h1-4,9H,5-8H2. The molecule has 3 rings (SSSR count). The van der Waals surface area contributed by atoms with Crippen LogP contribution in [0.1, 0.15) is 23.2 Å². The topological polar surface area (TPSA) is 57.7 Å². The Morgan fingerprint density at radius 1 is 1.10 bits per heavy atom. The van der Waals surface area contributed by atoms with E-state index in [-0.39, 0.29) is 36.6 Å². The second-order valence-corrected chi connectivity index (χ2v) is 5.41. The van der Waals surface area contributed by atoms with E-state index < -0.39 is 0 Å². The zero-order valence-electron chi connectivity index (χ0n) is 10.7. The van der Waals surface area contributed by atoms with Crippen LogP contribution >= 0.6 is 11.6 Å². The molecule has 2 aliphatic heterocycles. The van der Waals surface area contributed by atoms with Crippen LogP contribution in [0.3, 0.4) is 0 Å². The number of imide groups is 1. The van der Waals surface area contributed by atoms with Crippen LogP contribution in [0.25, 0.3) is 0 Å². The molecule has 0 bridgehead atoms. The molecule has 5 nitrogen and oxygen atoms in total. The summed E-state index contributed by atoms with van der Waals surface area (Å²) in [6.07, 6.45) is 0.571. The second kappa shape index (κ2) is 4.90. The molecule has 3 amide bonds. The Morgan fingerprint density at radius 2 is 1.70 bits per heavy atom. The fraction of sp³-hybridized carbons (Fsp3) is 0.357. The van der Waals surface area contributed by atoms with Gasteiger partial charge in [-0.3, -0.25) is 19.3 Å². The predicted octanol–water partition coefficient (Wildman–Crippen LogP) is 1.31. The Balaban J connectivity index is 1.66. The van der Waals surface area contributed by atoms with E-state index in [1.165, 1.54) is 4.90 Å². The maximum absolute atomic E-state index is 12.2. The number of benzene rings is 1. The highest BCUT2D eigenvalue weighted by molar-refractivity contribution is 6.33. The van der Waals surface area contributed by atoms with E-state index in [1.807, 2.05) is 0 Å². The van der Waals surface area contributed by atoms with Crippen molar-refractivity contribution in [2.24, 2.45) is 0 Å². The highest BCUT2D eigenvalue weighted by Crippen LogP contribution is 2.25. The van der Waals surface area contributed by atoms with E-state index in [2.05, 4.69) is 0 Å². The first-order valence-electron chi connectivity index (χ1n) is 6.46. The molecule has 104 valence electrons. The van der Waals surface area contributed by atoms with E-state index in [1.54, 1.807) is 29.2 Å². The van der Waals surface area contributed by atoms with Gasteiger partial charge in [0.15, 0.2) is 0 Å². The monoisotopic (exact) mass is 292 g/mol. The van der Waals surface area contributed by atoms with E-state index in [0.717, 1.165) is 0 Å². The number of hydrogen-bond donors (Lipinski definition) is 0. The van der Waals surface area contributed by atoms with Gasteiger partial charge in [0.05, 0.1) is 16.6 Å². The summed E-state index contributed by atoms with van der Waals surface area (Å²) >= 11 is 5.99. The van der Waals surface area contributed by atoms with Crippen molar-refractivity contribution in [1.29, 1.82) is 0 Å². The van der Waals surface area contributed by atoms with Gasteiger partial charge >= 0.3 is 0 Å². The molecule has 0 aliphatic carbocycles. The van der Waals surface area contributed by atoms with Crippen LogP contribution in [0, 0.1) is 0 Å². The molecule has 0 radical (unpaired) electrons. The maximum atomic E-state index is 12.2. The Hall–Kier alpha value is -1.88. The maximum Gasteiger partial charge on any atom is 0.255 e. The molecule has 2 aliphatic rings. The number of carbonyl (C=O) groups excluding carboxylic acids is 3. The van der Waals surface area contributed by atoms with Gasteiger partial charge < -0.3 is 4.90 Å². The number of rotatable bonds is 2. The van der Waals surface area contributed by atoms with Gasteiger partial charge in [0.1, 0.15) is 0 Å². The average Bonchev–Trinajstić information content (AvgIpc) is 2.69. The predicted molar refractivity (Wildman–Crippen MR) is 72.2 cm³/mol. The number of amides is 3. The van der Waals surface area contributed by atoms with Gasteiger partial charge in [-0.05, 0) is 12.1 Å². The number of carbonyl (C=O) groups is 3. The minimum absolute atomic E-state index is 0.134. The molecule has 1 aromatic rings. The first-order chi connectivity index (χ1) is 9.58. The zero-order valence-corrected chi connectivity index (χ0v) is 11.5. The second-order valence-electron chi connectivity index (χ2n) is 5.00. The minimum Gasteiger partial charge on any atom is -0.334 e. The lowest BCUT2D eigenvalue weighted by atomic mass is 10.1. The van der Waals surface area contributed by atoms with Gasteiger partial charge in [0.25, 0.3) is 5.91 Å². The Bertz CT molecular complexity index is 580. The Kier molecular flexibility index (Phi) is 3.22. The van der Waals surface area contributed by atoms with Crippen LogP contribution in [-0.4, -0.2) is 46.7 Å². The molecule has 0 atom stereocenters. The summed E-state index contributed by atoms with van der Waals surface area (Å²) in [4.78, 5) is 38.3. The molecule has 1 aromatic carbocycles. The van der Waals surface area contributed by atoms with Crippen LogP contribution in [0.2, 0.25) is 5.02 Å². The van der Waals surface area contributed by atoms with Crippen LogP contribution in [0.5, 0.6) is 0 Å². The lowest BCUT2D eigenvalue weighted by Crippen LogP contribution is -2.62. The number of halogens is 1. The van der Waals surface area contributed by atoms with Gasteiger partial charge in [-0.15, -0.1) is 0 Å². The van der Waals surface area contributed by atoms with Crippen molar-refractivity contribution < 1.29 is 14.4 Å². The lowest BCUT2D eigenvalue weighted by molar-refractivity contribution is -0.144. The van der Waals surface area contributed by atoms with Crippen LogP contribution in [-0.2, 0) is 9.59 Å². The van der Waals surface area contributed by atoms with Crippen LogP contribution < -0.4 is 0 Å². The van der Waals surface area contributed by atoms with Gasteiger partial charge in [0.2, 0.25) is 11.8 Å². The van der Waals surface area contributed by atoms with Gasteiger partial charge in [-0.2, -0.15) is 0 Å². The SMILES string of the molecule is O=C(c1ccccc1Cl)N1CC(N2C(=O)CCC2=O)C1. The molecule has 0 aromatic heterocycles. The Morgan fingerprint density at radius 3 is 2.30 bits per heavy atom. The molecule has 2 saturated heterocycles. The highest BCUT2D eigenvalue weighted by Gasteiger charge is 2.43. The smallest absolute Gasteiger partial charge is 0.255 e. The first kappa shape index (κ1) is 13.1. The van der Waals surface area contributed by atoms with Crippen molar-refractivity contribution in [3.05, 3.63) is 34.9 Å². The summed E-state index contributed by atoms with van der Waals surface area (Å²) in [5.74, 6) is -0.430. The quantitative estimate of drug-likeness (QED) is 0.772. The van der Waals surface area contributed by atoms with Crippen molar-refractivity contribution in [2.45, 2.75) is 18.9 Å². The third-order valence-electron chi connectivity index (χ3n) is 3.71. The van der Waals surface area contributed by atoms with E-state index in [0.29, 0.717) is 23.7 Å². The van der Waals surface area contributed by atoms with Crippen LogP contribution in [0.15, 0.2) is 24.3 Å². The van der Waals surface area contributed by atoms with Gasteiger partial charge in [0, 0.05) is 25.9 Å². The summed E-state index contributed by atoms with van der Waals surface area (Å²) in [5.41, 5.74) is 0.451. The molecule has 0 N–H and O–H groups in total. The van der Waals surface area contributed by atoms with Crippen LogP contribution in [0.4, 0.5) is 0 Å². The summed E-state index contributed by atoms with van der Waals surface area (Å²) in [6, 6.07) is 6.68.